The van der Waals surface area contributed by atoms with E-state index in [0.29, 0.717) is 0 Å². The summed E-state index contributed by atoms with van der Waals surface area (Å²) in [5, 5.41) is 10.00. The molecular weight excluding hydrogens is 266 g/mol. The number of hydrogen-bond donors (Lipinski definition) is 1. The van der Waals surface area contributed by atoms with Crippen molar-refractivity contribution in [2.24, 2.45) is 0 Å². The molecule has 3 aromatic rings. The summed E-state index contributed by atoms with van der Waals surface area (Å²) in [6.45, 7) is 2.15. The van der Waals surface area contributed by atoms with Crippen molar-refractivity contribution < 1.29 is 0 Å². The molecule has 20 heavy (non-hydrogen) atoms. The Bertz CT molecular complexity index is 685. The van der Waals surface area contributed by atoms with E-state index in [1.165, 1.54) is 16.0 Å². The van der Waals surface area contributed by atoms with E-state index in [-0.39, 0.29) is 6.04 Å². The van der Waals surface area contributed by atoms with Gasteiger partial charge in [-0.15, -0.1) is 11.3 Å². The van der Waals surface area contributed by atoms with E-state index in [4.69, 9.17) is 0 Å². The average molecular weight is 283 g/mol. The second-order valence-corrected chi connectivity index (χ2v) is 5.69. The first kappa shape index (κ1) is 13.1. The first-order valence-corrected chi connectivity index (χ1v) is 7.49. The van der Waals surface area contributed by atoms with Gasteiger partial charge in [-0.05, 0) is 43.1 Å². The van der Waals surface area contributed by atoms with E-state index in [1.54, 1.807) is 11.3 Å². The summed E-state index contributed by atoms with van der Waals surface area (Å²) in [5.41, 5.74) is 3.58. The molecule has 0 saturated heterocycles. The fourth-order valence-electron chi connectivity index (χ4n) is 2.34. The smallest absolute Gasteiger partial charge is 0.0702 e. The summed E-state index contributed by atoms with van der Waals surface area (Å²) in [6, 6.07) is 12.5. The van der Waals surface area contributed by atoms with Gasteiger partial charge >= 0.3 is 0 Å². The van der Waals surface area contributed by atoms with Crippen LogP contribution in [-0.2, 0) is 0 Å². The maximum atomic E-state index is 4.48. The molecule has 1 aromatic carbocycles. The maximum Gasteiger partial charge on any atom is 0.0702 e. The molecule has 2 aromatic heterocycles. The Morgan fingerprint density at radius 2 is 2.00 bits per heavy atom. The van der Waals surface area contributed by atoms with Gasteiger partial charge in [0, 0.05) is 16.6 Å². The summed E-state index contributed by atoms with van der Waals surface area (Å²) >= 11 is 1.78. The second kappa shape index (κ2) is 5.61. The van der Waals surface area contributed by atoms with Gasteiger partial charge in [0.25, 0.3) is 0 Å². The number of hydrogen-bond acceptors (Lipinski definition) is 3. The molecule has 3 nitrogen and oxygen atoms in total. The SMILES string of the molecule is CNC(c1cnn(-c2ccccc2)c1)c1sccc1C. The molecule has 0 saturated carbocycles. The number of rotatable bonds is 4. The quantitative estimate of drug-likeness (QED) is 0.793. The average Bonchev–Trinajstić information content (AvgIpc) is 3.12. The van der Waals surface area contributed by atoms with Gasteiger partial charge < -0.3 is 5.32 Å². The Balaban J connectivity index is 1.95. The maximum absolute atomic E-state index is 4.48. The van der Waals surface area contributed by atoms with Crippen LogP contribution in [0, 0.1) is 6.92 Å². The largest absolute Gasteiger partial charge is 0.309 e. The van der Waals surface area contributed by atoms with Crippen LogP contribution >= 0.6 is 11.3 Å². The fourth-order valence-corrected chi connectivity index (χ4v) is 3.40. The standard InChI is InChI=1S/C16H17N3S/c1-12-8-9-20-16(12)15(17-2)13-10-18-19(11-13)14-6-4-3-5-7-14/h3-11,15,17H,1-2H3. The van der Waals surface area contributed by atoms with E-state index in [9.17, 15) is 0 Å². The Kier molecular flexibility index (Phi) is 3.67. The highest BCUT2D eigenvalue weighted by Gasteiger charge is 2.17. The Morgan fingerprint density at radius 1 is 1.20 bits per heavy atom. The summed E-state index contributed by atoms with van der Waals surface area (Å²) in [7, 11) is 1.99. The van der Waals surface area contributed by atoms with Crippen LogP contribution in [0.25, 0.3) is 5.69 Å². The van der Waals surface area contributed by atoms with Crippen molar-refractivity contribution in [2.75, 3.05) is 7.05 Å². The minimum Gasteiger partial charge on any atom is -0.309 e. The van der Waals surface area contributed by atoms with Crippen LogP contribution in [-0.4, -0.2) is 16.8 Å². The lowest BCUT2D eigenvalue weighted by atomic mass is 10.1. The highest BCUT2D eigenvalue weighted by atomic mass is 32.1. The van der Waals surface area contributed by atoms with Gasteiger partial charge in [-0.1, -0.05) is 18.2 Å². The zero-order valence-electron chi connectivity index (χ0n) is 11.6. The first-order valence-electron chi connectivity index (χ1n) is 6.61. The molecular formula is C16H17N3S. The number of para-hydroxylation sites is 1. The molecule has 0 fully saturated rings. The minimum absolute atomic E-state index is 0.201. The topological polar surface area (TPSA) is 29.9 Å². The predicted octanol–water partition coefficient (Wildman–Crippen LogP) is 3.55. The molecule has 1 unspecified atom stereocenters. The van der Waals surface area contributed by atoms with Gasteiger partial charge in [0.2, 0.25) is 0 Å². The van der Waals surface area contributed by atoms with Gasteiger partial charge in [-0.3, -0.25) is 0 Å². The zero-order chi connectivity index (χ0) is 13.9. The molecule has 2 heterocycles. The summed E-state index contributed by atoms with van der Waals surface area (Å²) in [6.07, 6.45) is 4.03. The van der Waals surface area contributed by atoms with Gasteiger partial charge in [0.1, 0.15) is 0 Å². The molecule has 3 rings (SSSR count). The molecule has 0 radical (unpaired) electrons. The molecule has 0 spiro atoms. The summed E-state index contributed by atoms with van der Waals surface area (Å²) < 4.78 is 1.92. The van der Waals surface area contributed by atoms with E-state index >= 15 is 0 Å². The minimum atomic E-state index is 0.201. The van der Waals surface area contributed by atoms with Crippen molar-refractivity contribution in [3.63, 3.8) is 0 Å². The van der Waals surface area contributed by atoms with E-state index < -0.39 is 0 Å². The lowest BCUT2D eigenvalue weighted by Crippen LogP contribution is -2.16. The Labute approximate surface area is 122 Å². The van der Waals surface area contributed by atoms with Gasteiger partial charge in [-0.25, -0.2) is 4.68 Å². The van der Waals surface area contributed by atoms with Gasteiger partial charge in [-0.2, -0.15) is 5.10 Å². The van der Waals surface area contributed by atoms with Crippen LogP contribution in [0.15, 0.2) is 54.2 Å². The van der Waals surface area contributed by atoms with Gasteiger partial charge in [0.15, 0.2) is 0 Å². The van der Waals surface area contributed by atoms with Crippen LogP contribution in [0.2, 0.25) is 0 Å². The van der Waals surface area contributed by atoms with Crippen molar-refractivity contribution in [2.45, 2.75) is 13.0 Å². The number of nitrogens with one attached hydrogen (secondary N) is 1. The highest BCUT2D eigenvalue weighted by molar-refractivity contribution is 7.10. The Hall–Kier alpha value is -1.91. The molecule has 0 aliphatic heterocycles. The second-order valence-electron chi connectivity index (χ2n) is 4.74. The third-order valence-electron chi connectivity index (χ3n) is 3.41. The number of thiophene rings is 1. The van der Waals surface area contributed by atoms with Crippen molar-refractivity contribution >= 4 is 11.3 Å². The number of nitrogens with zero attached hydrogens (tertiary/aromatic N) is 2. The van der Waals surface area contributed by atoms with Gasteiger partial charge in [0.05, 0.1) is 17.9 Å². The van der Waals surface area contributed by atoms with Crippen molar-refractivity contribution in [1.29, 1.82) is 0 Å². The summed E-state index contributed by atoms with van der Waals surface area (Å²) in [4.78, 5) is 1.35. The van der Waals surface area contributed by atoms with Crippen molar-refractivity contribution in [1.82, 2.24) is 15.1 Å². The highest BCUT2D eigenvalue weighted by Crippen LogP contribution is 2.29. The fraction of sp³-hybridized carbons (Fsp3) is 0.188. The summed E-state index contributed by atoms with van der Waals surface area (Å²) in [5.74, 6) is 0. The van der Waals surface area contributed by atoms with Crippen LogP contribution in [0.1, 0.15) is 22.0 Å². The lowest BCUT2D eigenvalue weighted by molar-refractivity contribution is 0.700. The molecule has 102 valence electrons. The monoisotopic (exact) mass is 283 g/mol. The van der Waals surface area contributed by atoms with Crippen LogP contribution in [0.5, 0.6) is 0 Å². The third-order valence-corrected chi connectivity index (χ3v) is 4.49. The molecule has 0 aliphatic rings. The van der Waals surface area contributed by atoms with E-state index in [1.807, 2.05) is 36.1 Å². The normalized spacial score (nSPS) is 12.5. The zero-order valence-corrected chi connectivity index (χ0v) is 12.4. The predicted molar refractivity (Wildman–Crippen MR) is 83.5 cm³/mol. The van der Waals surface area contributed by atoms with Crippen LogP contribution in [0.4, 0.5) is 0 Å². The van der Waals surface area contributed by atoms with E-state index in [0.717, 1.165) is 5.69 Å². The lowest BCUT2D eigenvalue weighted by Gasteiger charge is -2.13. The van der Waals surface area contributed by atoms with Crippen molar-refractivity contribution in [3.8, 4) is 5.69 Å². The molecule has 0 bridgehead atoms. The van der Waals surface area contributed by atoms with Crippen molar-refractivity contribution in [3.05, 3.63) is 70.2 Å². The number of aromatic nitrogens is 2. The molecule has 1 atom stereocenters. The molecule has 0 amide bonds. The van der Waals surface area contributed by atoms with E-state index in [2.05, 4.69) is 47.1 Å². The molecule has 0 aliphatic carbocycles. The Morgan fingerprint density at radius 3 is 2.65 bits per heavy atom. The number of benzene rings is 1. The van der Waals surface area contributed by atoms with Crippen LogP contribution in [0.3, 0.4) is 0 Å². The first-order chi connectivity index (χ1) is 9.79. The molecule has 1 N–H and O–H groups in total. The van der Waals surface area contributed by atoms with Crippen LogP contribution < -0.4 is 5.32 Å². The molecule has 4 heteroatoms. The third kappa shape index (κ3) is 2.40. The number of aryl methyl sites for hydroxylation is 1.